The van der Waals surface area contributed by atoms with E-state index in [1.807, 2.05) is 6.92 Å². The van der Waals surface area contributed by atoms with Crippen molar-refractivity contribution in [3.05, 3.63) is 32.8 Å². The molecule has 0 aliphatic heterocycles. The average molecular weight is 302 g/mol. The van der Waals surface area contributed by atoms with Crippen molar-refractivity contribution < 1.29 is 9.66 Å². The van der Waals surface area contributed by atoms with E-state index in [4.69, 9.17) is 15.9 Å². The Morgan fingerprint density at radius 2 is 2.35 bits per heavy atom. The highest BCUT2D eigenvalue weighted by atomic mass is 79.9. The van der Waals surface area contributed by atoms with Gasteiger partial charge >= 0.3 is 0 Å². The Balaban J connectivity index is 3.03. The summed E-state index contributed by atoms with van der Waals surface area (Å²) in [5, 5.41) is 18.0. The molecule has 1 unspecified atom stereocenters. The monoisotopic (exact) mass is 301 g/mol. The van der Waals surface area contributed by atoms with Gasteiger partial charge in [-0.15, -0.1) is 0 Å². The second-order valence-electron chi connectivity index (χ2n) is 3.32. The molecule has 3 N–H and O–H groups in total. The number of hydrogen-bond donors (Lipinski definition) is 2. The summed E-state index contributed by atoms with van der Waals surface area (Å²) in [4.78, 5) is 10.2. The van der Waals surface area contributed by atoms with Gasteiger partial charge in [-0.1, -0.05) is 13.0 Å². The van der Waals surface area contributed by atoms with Crippen molar-refractivity contribution in [3.8, 4) is 5.75 Å². The number of rotatable bonds is 5. The molecule has 6 nitrogen and oxygen atoms in total. The van der Waals surface area contributed by atoms with Crippen LogP contribution in [0, 0.1) is 15.5 Å². The Bertz CT molecular complexity index is 450. The van der Waals surface area contributed by atoms with Crippen molar-refractivity contribution in [3.63, 3.8) is 0 Å². The van der Waals surface area contributed by atoms with Gasteiger partial charge in [0.25, 0.3) is 5.69 Å². The quantitative estimate of drug-likeness (QED) is 0.377. The minimum atomic E-state index is -0.576. The summed E-state index contributed by atoms with van der Waals surface area (Å²) in [5.41, 5.74) is 5.27. The van der Waals surface area contributed by atoms with Gasteiger partial charge in [-0.2, -0.15) is 0 Å². The highest BCUT2D eigenvalue weighted by Gasteiger charge is 2.19. The summed E-state index contributed by atoms with van der Waals surface area (Å²) in [6.45, 7) is 1.82. The lowest BCUT2D eigenvalue weighted by Crippen LogP contribution is -2.32. The molecule has 7 heteroatoms. The number of nitro benzene ring substituents is 1. The predicted octanol–water partition coefficient (Wildman–Crippen LogP) is 2.45. The summed E-state index contributed by atoms with van der Waals surface area (Å²) in [5.74, 6) is 0.201. The van der Waals surface area contributed by atoms with Crippen LogP contribution >= 0.6 is 15.9 Å². The molecule has 0 spiro atoms. The van der Waals surface area contributed by atoms with Crippen molar-refractivity contribution in [1.82, 2.24) is 0 Å². The first-order chi connectivity index (χ1) is 7.97. The van der Waals surface area contributed by atoms with E-state index in [0.29, 0.717) is 12.2 Å². The van der Waals surface area contributed by atoms with E-state index in [1.54, 1.807) is 6.07 Å². The lowest BCUT2D eigenvalue weighted by molar-refractivity contribution is -0.385. The maximum atomic E-state index is 10.7. The molecule has 92 valence electrons. The van der Waals surface area contributed by atoms with Gasteiger partial charge < -0.3 is 10.5 Å². The van der Waals surface area contributed by atoms with Crippen LogP contribution in [0.2, 0.25) is 0 Å². The third kappa shape index (κ3) is 3.16. The number of benzene rings is 1. The Morgan fingerprint density at radius 3 is 2.82 bits per heavy atom. The second kappa shape index (κ2) is 5.62. The molecule has 0 aliphatic carbocycles. The number of hydrogen-bond acceptors (Lipinski definition) is 4. The molecule has 17 heavy (non-hydrogen) atoms. The zero-order chi connectivity index (χ0) is 13.0. The van der Waals surface area contributed by atoms with E-state index >= 15 is 0 Å². The van der Waals surface area contributed by atoms with Gasteiger partial charge in [0.1, 0.15) is 16.1 Å². The number of nitro groups is 1. The van der Waals surface area contributed by atoms with Crippen LogP contribution in [0.4, 0.5) is 5.69 Å². The van der Waals surface area contributed by atoms with Gasteiger partial charge in [0.15, 0.2) is 6.10 Å². The molecular formula is C10H12BrN3O3. The van der Waals surface area contributed by atoms with Gasteiger partial charge in [-0.05, 0) is 28.4 Å². The second-order valence-corrected chi connectivity index (χ2v) is 4.11. The van der Waals surface area contributed by atoms with E-state index in [-0.39, 0.29) is 16.0 Å². The number of nitrogens with two attached hydrogens (primary N) is 1. The molecule has 0 radical (unpaired) electrons. The standard InChI is InChI=1S/C10H12BrN3O3/c1-2-7(10(12)13)17-8-5-3-4-6(9(8)11)14(15)16/h3-5,7H,2H2,1H3,(H3,12,13). The maximum absolute atomic E-state index is 10.7. The minimum absolute atomic E-state index is 0.0825. The van der Waals surface area contributed by atoms with Crippen LogP contribution in [0.3, 0.4) is 0 Å². The number of ether oxygens (including phenoxy) is 1. The Hall–Kier alpha value is -1.63. The van der Waals surface area contributed by atoms with E-state index in [2.05, 4.69) is 15.9 Å². The van der Waals surface area contributed by atoms with Crippen molar-refractivity contribution in [2.75, 3.05) is 0 Å². The third-order valence-corrected chi connectivity index (χ3v) is 2.92. The fourth-order valence-corrected chi connectivity index (χ4v) is 1.75. The van der Waals surface area contributed by atoms with Crippen LogP contribution in [-0.2, 0) is 0 Å². The highest BCUT2D eigenvalue weighted by molar-refractivity contribution is 9.10. The van der Waals surface area contributed by atoms with Gasteiger partial charge in [0.2, 0.25) is 0 Å². The average Bonchev–Trinajstić information content (AvgIpc) is 2.26. The fourth-order valence-electron chi connectivity index (χ4n) is 1.25. The van der Waals surface area contributed by atoms with Gasteiger partial charge in [-0.3, -0.25) is 15.5 Å². The van der Waals surface area contributed by atoms with Gasteiger partial charge in [-0.25, -0.2) is 0 Å². The first-order valence-electron chi connectivity index (χ1n) is 4.90. The van der Waals surface area contributed by atoms with Crippen LogP contribution in [0.1, 0.15) is 13.3 Å². The molecule has 0 fully saturated rings. The number of nitrogens with zero attached hydrogens (tertiary/aromatic N) is 1. The van der Waals surface area contributed by atoms with Crippen molar-refractivity contribution >= 4 is 27.5 Å². The summed E-state index contributed by atoms with van der Waals surface area (Å²) in [7, 11) is 0. The van der Waals surface area contributed by atoms with Crippen LogP contribution in [0.25, 0.3) is 0 Å². The van der Waals surface area contributed by atoms with Gasteiger partial charge in [0, 0.05) is 6.07 Å². The Morgan fingerprint density at radius 1 is 1.71 bits per heavy atom. The summed E-state index contributed by atoms with van der Waals surface area (Å²) in [6.07, 6.45) is -0.0573. The fraction of sp³-hybridized carbons (Fsp3) is 0.300. The summed E-state index contributed by atoms with van der Waals surface area (Å²) in [6, 6.07) is 4.47. The van der Waals surface area contributed by atoms with Crippen LogP contribution < -0.4 is 10.5 Å². The number of amidine groups is 1. The van der Waals surface area contributed by atoms with Crippen LogP contribution in [-0.4, -0.2) is 16.9 Å². The molecule has 0 bridgehead atoms. The molecule has 1 atom stereocenters. The SMILES string of the molecule is CCC(Oc1cccc([N+](=O)[O-])c1Br)C(=N)N. The molecule has 0 amide bonds. The number of nitrogens with one attached hydrogen (secondary N) is 1. The zero-order valence-corrected chi connectivity index (χ0v) is 10.7. The zero-order valence-electron chi connectivity index (χ0n) is 9.14. The largest absolute Gasteiger partial charge is 0.481 e. The lowest BCUT2D eigenvalue weighted by Gasteiger charge is -2.16. The summed E-state index contributed by atoms with van der Waals surface area (Å²) < 4.78 is 5.70. The van der Waals surface area contributed by atoms with Crippen molar-refractivity contribution in [2.24, 2.45) is 5.73 Å². The highest BCUT2D eigenvalue weighted by Crippen LogP contribution is 2.34. The molecule has 1 aromatic rings. The van der Waals surface area contributed by atoms with Crippen LogP contribution in [0.15, 0.2) is 22.7 Å². The van der Waals surface area contributed by atoms with Crippen LogP contribution in [0.5, 0.6) is 5.75 Å². The molecule has 1 rings (SSSR count). The molecule has 0 aromatic heterocycles. The molecular weight excluding hydrogens is 290 g/mol. The Kier molecular flexibility index (Phi) is 4.45. The molecule has 0 heterocycles. The van der Waals surface area contributed by atoms with E-state index in [9.17, 15) is 10.1 Å². The van der Waals surface area contributed by atoms with Crippen molar-refractivity contribution in [2.45, 2.75) is 19.4 Å². The first-order valence-corrected chi connectivity index (χ1v) is 5.70. The third-order valence-electron chi connectivity index (χ3n) is 2.13. The van der Waals surface area contributed by atoms with Crippen molar-refractivity contribution in [1.29, 1.82) is 5.41 Å². The molecule has 0 saturated heterocycles. The summed E-state index contributed by atoms with van der Waals surface area (Å²) >= 11 is 3.11. The topological polar surface area (TPSA) is 102 Å². The van der Waals surface area contributed by atoms with E-state index in [0.717, 1.165) is 0 Å². The predicted molar refractivity (Wildman–Crippen MR) is 67.4 cm³/mol. The normalized spacial score (nSPS) is 11.9. The minimum Gasteiger partial charge on any atom is -0.481 e. The first kappa shape index (κ1) is 13.4. The number of halogens is 1. The Labute approximate surface area is 107 Å². The van der Waals surface area contributed by atoms with E-state index < -0.39 is 11.0 Å². The maximum Gasteiger partial charge on any atom is 0.287 e. The van der Waals surface area contributed by atoms with Gasteiger partial charge in [0.05, 0.1) is 4.92 Å². The molecule has 0 saturated carbocycles. The molecule has 0 aliphatic rings. The molecule has 1 aromatic carbocycles. The smallest absolute Gasteiger partial charge is 0.287 e. The lowest BCUT2D eigenvalue weighted by atomic mass is 10.2. The van der Waals surface area contributed by atoms with E-state index in [1.165, 1.54) is 12.1 Å².